The maximum absolute atomic E-state index is 10.1. The minimum atomic E-state index is 0.160. The molecule has 0 amide bonds. The lowest BCUT2D eigenvalue weighted by molar-refractivity contribution is 0.477. The smallest absolute Gasteiger partial charge is 0.167 e. The quantitative estimate of drug-likeness (QED) is 0.597. The zero-order valence-corrected chi connectivity index (χ0v) is 13.1. The number of para-hydroxylation sites is 1. The number of rotatable bonds is 2. The zero-order valence-electron chi connectivity index (χ0n) is 13.1. The van der Waals surface area contributed by atoms with E-state index < -0.39 is 0 Å². The molecule has 0 atom stereocenters. The van der Waals surface area contributed by atoms with Gasteiger partial charge in [0, 0.05) is 5.56 Å². The molecule has 4 nitrogen and oxygen atoms in total. The highest BCUT2D eigenvalue weighted by Crippen LogP contribution is 2.28. The Labute approximate surface area is 139 Å². The van der Waals surface area contributed by atoms with Crippen molar-refractivity contribution in [2.24, 2.45) is 0 Å². The largest absolute Gasteiger partial charge is 0.507 e. The van der Waals surface area contributed by atoms with E-state index >= 15 is 0 Å². The predicted molar refractivity (Wildman–Crippen MR) is 94.6 cm³/mol. The van der Waals surface area contributed by atoms with Gasteiger partial charge in [-0.1, -0.05) is 48.5 Å². The highest BCUT2D eigenvalue weighted by Gasteiger charge is 2.11. The summed E-state index contributed by atoms with van der Waals surface area (Å²) in [6, 6.07) is 21.4. The van der Waals surface area contributed by atoms with Gasteiger partial charge in [-0.05, 0) is 35.9 Å². The van der Waals surface area contributed by atoms with Crippen molar-refractivity contribution in [3.8, 4) is 28.5 Å². The molecule has 24 heavy (non-hydrogen) atoms. The van der Waals surface area contributed by atoms with Crippen molar-refractivity contribution in [2.75, 3.05) is 0 Å². The van der Waals surface area contributed by atoms with E-state index in [4.69, 9.17) is 0 Å². The molecule has 116 valence electrons. The standard InChI is InChI=1S/C20H15N3O/c1-13-21-19(16-11-10-14-6-2-3-7-15(14)12-16)23-20(22-13)17-8-4-5-9-18(17)24/h2-12,24H,1H3. The molecule has 0 spiro atoms. The summed E-state index contributed by atoms with van der Waals surface area (Å²) in [5.41, 5.74) is 1.53. The fraction of sp³-hybridized carbons (Fsp3) is 0.0500. The number of benzene rings is 3. The van der Waals surface area contributed by atoms with Crippen LogP contribution in [0.1, 0.15) is 5.82 Å². The van der Waals surface area contributed by atoms with Crippen LogP contribution in [0.4, 0.5) is 0 Å². The Morgan fingerprint density at radius 3 is 2.25 bits per heavy atom. The molecule has 0 saturated carbocycles. The normalized spacial score (nSPS) is 10.9. The molecule has 0 aliphatic rings. The molecule has 3 aromatic carbocycles. The molecular formula is C20H15N3O. The maximum atomic E-state index is 10.1. The maximum Gasteiger partial charge on any atom is 0.167 e. The molecule has 1 aromatic heterocycles. The van der Waals surface area contributed by atoms with E-state index in [0.29, 0.717) is 23.0 Å². The van der Waals surface area contributed by atoms with Crippen LogP contribution in [0.2, 0.25) is 0 Å². The van der Waals surface area contributed by atoms with Gasteiger partial charge >= 0.3 is 0 Å². The first-order chi connectivity index (χ1) is 11.7. The molecule has 0 saturated heterocycles. The molecule has 4 rings (SSSR count). The van der Waals surface area contributed by atoms with Gasteiger partial charge in [0.15, 0.2) is 11.6 Å². The van der Waals surface area contributed by atoms with Gasteiger partial charge in [-0.25, -0.2) is 15.0 Å². The highest BCUT2D eigenvalue weighted by molar-refractivity contribution is 5.86. The number of phenolic OH excluding ortho intramolecular Hbond substituents is 1. The van der Waals surface area contributed by atoms with Gasteiger partial charge in [-0.2, -0.15) is 0 Å². The van der Waals surface area contributed by atoms with Crippen LogP contribution in [-0.4, -0.2) is 20.1 Å². The Bertz CT molecular complexity index is 1040. The minimum absolute atomic E-state index is 0.160. The van der Waals surface area contributed by atoms with Crippen molar-refractivity contribution in [1.82, 2.24) is 15.0 Å². The van der Waals surface area contributed by atoms with Gasteiger partial charge < -0.3 is 5.11 Å². The number of hydrogen-bond acceptors (Lipinski definition) is 4. The first-order valence-electron chi connectivity index (χ1n) is 7.71. The monoisotopic (exact) mass is 313 g/mol. The number of nitrogens with zero attached hydrogens (tertiary/aromatic N) is 3. The Hall–Kier alpha value is -3.27. The second-order valence-corrected chi connectivity index (χ2v) is 5.61. The SMILES string of the molecule is Cc1nc(-c2ccc3ccccc3c2)nc(-c2ccccc2O)n1. The van der Waals surface area contributed by atoms with Gasteiger partial charge in [0.2, 0.25) is 0 Å². The summed E-state index contributed by atoms with van der Waals surface area (Å²) < 4.78 is 0. The van der Waals surface area contributed by atoms with Crippen LogP contribution in [0, 0.1) is 6.92 Å². The average molecular weight is 313 g/mol. The molecule has 0 fully saturated rings. The lowest BCUT2D eigenvalue weighted by Crippen LogP contribution is -1.99. The average Bonchev–Trinajstić information content (AvgIpc) is 2.61. The van der Waals surface area contributed by atoms with Crippen molar-refractivity contribution >= 4 is 10.8 Å². The lowest BCUT2D eigenvalue weighted by Gasteiger charge is -2.07. The molecule has 0 radical (unpaired) electrons. The number of aromatic nitrogens is 3. The number of fused-ring (bicyclic) bond motifs is 1. The second-order valence-electron chi connectivity index (χ2n) is 5.61. The Balaban J connectivity index is 1.87. The topological polar surface area (TPSA) is 58.9 Å². The van der Waals surface area contributed by atoms with E-state index in [-0.39, 0.29) is 5.75 Å². The van der Waals surface area contributed by atoms with Gasteiger partial charge in [-0.3, -0.25) is 0 Å². The van der Waals surface area contributed by atoms with E-state index in [9.17, 15) is 5.11 Å². The van der Waals surface area contributed by atoms with Gasteiger partial charge in [-0.15, -0.1) is 0 Å². The van der Waals surface area contributed by atoms with Gasteiger partial charge in [0.25, 0.3) is 0 Å². The number of aromatic hydroxyl groups is 1. The van der Waals surface area contributed by atoms with E-state index in [1.165, 1.54) is 5.39 Å². The van der Waals surface area contributed by atoms with Crippen LogP contribution in [0.15, 0.2) is 66.7 Å². The molecule has 1 N–H and O–H groups in total. The molecule has 4 aromatic rings. The van der Waals surface area contributed by atoms with E-state index in [0.717, 1.165) is 10.9 Å². The van der Waals surface area contributed by atoms with Gasteiger partial charge in [0.1, 0.15) is 11.6 Å². The summed E-state index contributed by atoms with van der Waals surface area (Å²) in [4.78, 5) is 13.4. The molecule has 0 unspecified atom stereocenters. The lowest BCUT2D eigenvalue weighted by atomic mass is 10.1. The van der Waals surface area contributed by atoms with Crippen molar-refractivity contribution in [2.45, 2.75) is 6.92 Å². The third-order valence-electron chi connectivity index (χ3n) is 3.90. The fourth-order valence-corrected chi connectivity index (χ4v) is 2.72. The molecule has 1 heterocycles. The van der Waals surface area contributed by atoms with E-state index in [1.54, 1.807) is 18.2 Å². The summed E-state index contributed by atoms with van der Waals surface area (Å²) in [5, 5.41) is 12.4. The van der Waals surface area contributed by atoms with Crippen molar-refractivity contribution in [3.63, 3.8) is 0 Å². The zero-order chi connectivity index (χ0) is 16.5. The summed E-state index contributed by atoms with van der Waals surface area (Å²) in [6.45, 7) is 1.83. The van der Waals surface area contributed by atoms with Crippen molar-refractivity contribution in [1.29, 1.82) is 0 Å². The van der Waals surface area contributed by atoms with Crippen LogP contribution < -0.4 is 0 Å². The summed E-state index contributed by atoms with van der Waals surface area (Å²) in [6.07, 6.45) is 0. The Morgan fingerprint density at radius 1 is 0.708 bits per heavy atom. The second kappa shape index (κ2) is 5.74. The molecule has 4 heteroatoms. The summed E-state index contributed by atoms with van der Waals surface area (Å²) >= 11 is 0. The molecule has 0 bridgehead atoms. The number of phenols is 1. The minimum Gasteiger partial charge on any atom is -0.507 e. The fourth-order valence-electron chi connectivity index (χ4n) is 2.72. The summed E-state index contributed by atoms with van der Waals surface area (Å²) in [5.74, 6) is 1.86. The van der Waals surface area contributed by atoms with E-state index in [1.807, 2.05) is 31.2 Å². The number of hydrogen-bond donors (Lipinski definition) is 1. The molecule has 0 aliphatic heterocycles. The number of aryl methyl sites for hydroxylation is 1. The highest BCUT2D eigenvalue weighted by atomic mass is 16.3. The summed E-state index contributed by atoms with van der Waals surface area (Å²) in [7, 11) is 0. The first kappa shape index (κ1) is 14.3. The van der Waals surface area contributed by atoms with Crippen molar-refractivity contribution < 1.29 is 5.11 Å². The third-order valence-corrected chi connectivity index (χ3v) is 3.90. The van der Waals surface area contributed by atoms with Crippen molar-refractivity contribution in [3.05, 3.63) is 72.6 Å². The molecule has 0 aliphatic carbocycles. The first-order valence-corrected chi connectivity index (χ1v) is 7.71. The van der Waals surface area contributed by atoms with Gasteiger partial charge in [0.05, 0.1) is 5.56 Å². The van der Waals surface area contributed by atoms with Crippen LogP contribution in [0.3, 0.4) is 0 Å². The van der Waals surface area contributed by atoms with E-state index in [2.05, 4.69) is 39.2 Å². The van der Waals surface area contributed by atoms with Crippen LogP contribution >= 0.6 is 0 Å². The van der Waals surface area contributed by atoms with Crippen LogP contribution in [-0.2, 0) is 0 Å². The Morgan fingerprint density at radius 2 is 1.42 bits per heavy atom. The Kier molecular flexibility index (Phi) is 3.43. The third kappa shape index (κ3) is 2.58. The predicted octanol–water partition coefficient (Wildman–Crippen LogP) is 4.37. The molecular weight excluding hydrogens is 298 g/mol. The van der Waals surface area contributed by atoms with Crippen LogP contribution in [0.25, 0.3) is 33.5 Å². The van der Waals surface area contributed by atoms with Crippen LogP contribution in [0.5, 0.6) is 5.75 Å².